The van der Waals surface area contributed by atoms with E-state index >= 15 is 0 Å². The highest BCUT2D eigenvalue weighted by atomic mass is 16.4. The van der Waals surface area contributed by atoms with Crippen molar-refractivity contribution in [3.8, 4) is 0 Å². The summed E-state index contributed by atoms with van der Waals surface area (Å²) in [7, 11) is 0. The molecule has 1 fully saturated rings. The third kappa shape index (κ3) is 2.75. The number of hydrogen-bond donors (Lipinski definition) is 3. The number of rotatable bonds is 5. The largest absolute Gasteiger partial charge is 0.459 e. The maximum atomic E-state index is 12.7. The minimum absolute atomic E-state index is 0.152. The number of nitrogens with zero attached hydrogens (tertiary/aromatic N) is 1. The van der Waals surface area contributed by atoms with Crippen molar-refractivity contribution in [2.24, 2.45) is 0 Å². The van der Waals surface area contributed by atoms with Gasteiger partial charge in [0.05, 0.1) is 11.8 Å². The summed E-state index contributed by atoms with van der Waals surface area (Å²) in [6.07, 6.45) is 3.17. The van der Waals surface area contributed by atoms with Gasteiger partial charge in [0, 0.05) is 6.07 Å². The number of fused-ring (bicyclic) bond motifs is 1. The molecule has 0 saturated heterocycles. The van der Waals surface area contributed by atoms with E-state index in [0.717, 1.165) is 18.4 Å². The van der Waals surface area contributed by atoms with Crippen LogP contribution in [0.5, 0.6) is 0 Å². The molecule has 0 unspecified atom stereocenters. The zero-order valence-electron chi connectivity index (χ0n) is 14.7. The van der Waals surface area contributed by atoms with Crippen LogP contribution in [0.4, 0.5) is 5.82 Å². The molecule has 0 bridgehead atoms. The Morgan fingerprint density at radius 3 is 2.57 bits per heavy atom. The van der Waals surface area contributed by atoms with E-state index in [1.165, 1.54) is 6.26 Å². The first-order chi connectivity index (χ1) is 13.6. The van der Waals surface area contributed by atoms with E-state index in [0.29, 0.717) is 11.1 Å². The quantitative estimate of drug-likeness (QED) is 0.494. The molecule has 2 amide bonds. The van der Waals surface area contributed by atoms with Crippen LogP contribution >= 0.6 is 0 Å². The van der Waals surface area contributed by atoms with Gasteiger partial charge in [-0.3, -0.25) is 20.0 Å². The maximum Gasteiger partial charge on any atom is 0.292 e. The van der Waals surface area contributed by atoms with Crippen molar-refractivity contribution in [1.82, 2.24) is 15.5 Å². The molecule has 5 rings (SSSR count). The minimum Gasteiger partial charge on any atom is -0.459 e. The van der Waals surface area contributed by atoms with E-state index in [9.17, 15) is 9.59 Å². The molecule has 3 aromatic heterocycles. The van der Waals surface area contributed by atoms with E-state index in [1.54, 1.807) is 18.2 Å². The Kier molecular flexibility index (Phi) is 3.58. The van der Waals surface area contributed by atoms with Crippen molar-refractivity contribution < 1.29 is 18.4 Å². The maximum absolute atomic E-state index is 12.7. The number of carbonyl (C=O) groups is 2. The second-order valence-corrected chi connectivity index (χ2v) is 6.76. The van der Waals surface area contributed by atoms with Gasteiger partial charge in [-0.2, -0.15) is 5.10 Å². The average molecular weight is 376 g/mol. The van der Waals surface area contributed by atoms with Crippen LogP contribution < -0.4 is 10.6 Å². The topological polar surface area (TPSA) is 113 Å². The van der Waals surface area contributed by atoms with Gasteiger partial charge in [-0.15, -0.1) is 0 Å². The number of amides is 2. The fourth-order valence-corrected chi connectivity index (χ4v) is 3.24. The highest BCUT2D eigenvalue weighted by molar-refractivity contribution is 6.06. The summed E-state index contributed by atoms with van der Waals surface area (Å²) < 4.78 is 10.7. The van der Waals surface area contributed by atoms with Gasteiger partial charge in [0.1, 0.15) is 5.52 Å². The Labute approximate surface area is 158 Å². The van der Waals surface area contributed by atoms with Gasteiger partial charge in [0.25, 0.3) is 11.8 Å². The van der Waals surface area contributed by atoms with Gasteiger partial charge in [0.2, 0.25) is 0 Å². The van der Waals surface area contributed by atoms with Crippen LogP contribution in [0, 0.1) is 0 Å². The molecule has 1 saturated carbocycles. The molecule has 4 aromatic rings. The van der Waals surface area contributed by atoms with Gasteiger partial charge >= 0.3 is 0 Å². The first-order valence-electron chi connectivity index (χ1n) is 8.85. The normalized spacial score (nSPS) is 14.7. The summed E-state index contributed by atoms with van der Waals surface area (Å²) in [6, 6.07) is 14.6. The van der Waals surface area contributed by atoms with E-state index in [2.05, 4.69) is 20.8 Å². The van der Waals surface area contributed by atoms with Crippen molar-refractivity contribution in [1.29, 1.82) is 0 Å². The summed E-state index contributed by atoms with van der Waals surface area (Å²) in [5.74, 6) is -0.269. The van der Waals surface area contributed by atoms with E-state index < -0.39 is 5.91 Å². The standard InChI is InChI=1S/C20H16N4O4/c25-18(14-7-4-10-27-14)21-17-16-13(23-24-17)11-15(28-16)19(26)22-20(8-9-20)12-5-2-1-3-6-12/h1-7,10-11H,8-9H2,(H,22,26)(H2,21,23,24,25). The Morgan fingerprint density at radius 1 is 1.04 bits per heavy atom. The number of furan rings is 2. The first kappa shape index (κ1) is 16.4. The molecular weight excluding hydrogens is 360 g/mol. The zero-order chi connectivity index (χ0) is 19.1. The summed E-state index contributed by atoms with van der Waals surface area (Å²) in [4.78, 5) is 24.9. The average Bonchev–Trinajstić information content (AvgIpc) is 3.10. The number of hydrogen-bond acceptors (Lipinski definition) is 5. The highest BCUT2D eigenvalue weighted by Gasteiger charge is 2.46. The van der Waals surface area contributed by atoms with E-state index in [4.69, 9.17) is 8.83 Å². The third-order valence-corrected chi connectivity index (χ3v) is 4.87. The predicted molar refractivity (Wildman–Crippen MR) is 99.8 cm³/mol. The van der Waals surface area contributed by atoms with Crippen molar-refractivity contribution in [2.75, 3.05) is 5.32 Å². The van der Waals surface area contributed by atoms with E-state index in [1.807, 2.05) is 30.3 Å². The molecule has 0 aliphatic heterocycles. The number of nitrogens with one attached hydrogen (secondary N) is 3. The molecule has 140 valence electrons. The molecule has 3 N–H and O–H groups in total. The van der Waals surface area contributed by atoms with Gasteiger partial charge in [-0.1, -0.05) is 30.3 Å². The summed E-state index contributed by atoms with van der Waals surface area (Å²) >= 11 is 0. The minimum atomic E-state index is -0.457. The highest BCUT2D eigenvalue weighted by Crippen LogP contribution is 2.45. The molecule has 0 spiro atoms. The zero-order valence-corrected chi connectivity index (χ0v) is 14.7. The molecule has 28 heavy (non-hydrogen) atoms. The van der Waals surface area contributed by atoms with Gasteiger partial charge in [-0.05, 0) is 30.5 Å². The Balaban J connectivity index is 1.36. The van der Waals surface area contributed by atoms with Crippen molar-refractivity contribution in [2.45, 2.75) is 18.4 Å². The Bertz CT molecular complexity index is 1150. The van der Waals surface area contributed by atoms with Crippen molar-refractivity contribution in [3.63, 3.8) is 0 Å². The summed E-state index contributed by atoms with van der Waals surface area (Å²) in [5, 5.41) is 12.4. The lowest BCUT2D eigenvalue weighted by Gasteiger charge is -2.16. The summed E-state index contributed by atoms with van der Waals surface area (Å²) in [5.41, 5.74) is 1.56. The van der Waals surface area contributed by atoms with Crippen LogP contribution in [0.1, 0.15) is 39.5 Å². The van der Waals surface area contributed by atoms with Crippen LogP contribution in [-0.2, 0) is 5.54 Å². The lowest BCUT2D eigenvalue weighted by Crippen LogP contribution is -2.34. The molecule has 1 aromatic carbocycles. The van der Waals surface area contributed by atoms with Crippen LogP contribution in [0.15, 0.2) is 63.6 Å². The number of H-pyrrole nitrogens is 1. The van der Waals surface area contributed by atoms with E-state index in [-0.39, 0.29) is 28.8 Å². The number of carbonyl (C=O) groups excluding carboxylic acids is 2. The second kappa shape index (κ2) is 6.12. The Hall–Kier alpha value is -3.81. The first-order valence-corrected chi connectivity index (χ1v) is 8.85. The monoisotopic (exact) mass is 376 g/mol. The SMILES string of the molecule is O=C(Nc1n[nH]c2cc(C(=O)NC3(c4ccccc4)CC3)oc12)c1ccco1. The van der Waals surface area contributed by atoms with Crippen LogP contribution in [0.2, 0.25) is 0 Å². The molecule has 3 heterocycles. The lowest BCUT2D eigenvalue weighted by molar-refractivity contribution is 0.0904. The number of anilines is 1. The number of benzene rings is 1. The fourth-order valence-electron chi connectivity index (χ4n) is 3.24. The van der Waals surface area contributed by atoms with Crippen LogP contribution in [0.3, 0.4) is 0 Å². The number of aromatic nitrogens is 2. The van der Waals surface area contributed by atoms with Crippen molar-refractivity contribution in [3.05, 3.63) is 71.9 Å². The lowest BCUT2D eigenvalue weighted by atomic mass is 10.1. The Morgan fingerprint density at radius 2 is 1.86 bits per heavy atom. The molecular formula is C20H16N4O4. The third-order valence-electron chi connectivity index (χ3n) is 4.87. The van der Waals surface area contributed by atoms with Crippen LogP contribution in [0.25, 0.3) is 11.1 Å². The smallest absolute Gasteiger partial charge is 0.292 e. The van der Waals surface area contributed by atoms with Gasteiger partial charge in [0.15, 0.2) is 22.9 Å². The van der Waals surface area contributed by atoms with Gasteiger partial charge < -0.3 is 14.2 Å². The van der Waals surface area contributed by atoms with Crippen molar-refractivity contribution >= 4 is 28.7 Å². The van der Waals surface area contributed by atoms with Crippen LogP contribution in [-0.4, -0.2) is 22.0 Å². The summed E-state index contributed by atoms with van der Waals surface area (Å²) in [6.45, 7) is 0. The number of aromatic amines is 1. The molecule has 0 radical (unpaired) electrons. The van der Waals surface area contributed by atoms with Gasteiger partial charge in [-0.25, -0.2) is 0 Å². The predicted octanol–water partition coefficient (Wildman–Crippen LogP) is 3.42. The fraction of sp³-hybridized carbons (Fsp3) is 0.150. The molecule has 1 aliphatic rings. The molecule has 0 atom stereocenters. The molecule has 8 nitrogen and oxygen atoms in total. The molecule has 1 aliphatic carbocycles. The molecule has 8 heteroatoms. The second-order valence-electron chi connectivity index (χ2n) is 6.76.